The van der Waals surface area contributed by atoms with Gasteiger partial charge in [0.15, 0.2) is 0 Å². The van der Waals surface area contributed by atoms with Gasteiger partial charge >= 0.3 is 1.43 Å². The smallest absolute Gasteiger partial charge is 0.355 e. The second-order valence-corrected chi connectivity index (χ2v) is 3.22. The number of fused-ring (bicyclic) bond motifs is 3. The van der Waals surface area contributed by atoms with Crippen LogP contribution >= 0.6 is 0 Å². The summed E-state index contributed by atoms with van der Waals surface area (Å²) in [5, 5.41) is 2.61. The van der Waals surface area contributed by atoms with Crippen molar-refractivity contribution in [2.24, 2.45) is 0 Å². The molecule has 0 bridgehead atoms. The van der Waals surface area contributed by atoms with Crippen LogP contribution < -0.4 is 0 Å². The maximum atomic E-state index is 3.38. The summed E-state index contributed by atoms with van der Waals surface area (Å²) in [7, 11) is 0. The first-order valence-corrected chi connectivity index (χ1v) is 4.40. The van der Waals surface area contributed by atoms with Gasteiger partial charge in [-0.15, -0.1) is 0 Å². The van der Waals surface area contributed by atoms with Gasteiger partial charge in [-0.2, -0.15) is 0 Å². The van der Waals surface area contributed by atoms with E-state index >= 15 is 0 Å². The van der Waals surface area contributed by atoms with Gasteiger partial charge in [0.2, 0.25) is 0 Å². The van der Waals surface area contributed by atoms with Crippen molar-refractivity contribution in [3.63, 3.8) is 0 Å². The Hall–Kier alpha value is -1.76. The van der Waals surface area contributed by atoms with Crippen molar-refractivity contribution in [3.8, 4) is 0 Å². The molecule has 0 fully saturated rings. The first-order valence-electron chi connectivity index (χ1n) is 4.40. The predicted molar refractivity (Wildman–Crippen MR) is 56.9 cm³/mol. The van der Waals surface area contributed by atoms with Crippen molar-refractivity contribution < 1.29 is 1.43 Å². The lowest BCUT2D eigenvalue weighted by Crippen LogP contribution is -1.62. The topological polar surface area (TPSA) is 15.8 Å². The van der Waals surface area contributed by atoms with E-state index in [1.807, 2.05) is 0 Å². The summed E-state index contributed by atoms with van der Waals surface area (Å²) in [6, 6.07) is 16.8. The maximum Gasteiger partial charge on any atom is 1.00 e. The second kappa shape index (κ2) is 2.36. The van der Waals surface area contributed by atoms with Crippen molar-refractivity contribution in [2.45, 2.75) is 0 Å². The Labute approximate surface area is 77.5 Å². The predicted octanol–water partition coefficient (Wildman–Crippen LogP) is 3.43. The van der Waals surface area contributed by atoms with Crippen molar-refractivity contribution in [2.75, 3.05) is 0 Å². The number of hydrogen-bond donors (Lipinski definition) is 1. The lowest BCUT2D eigenvalue weighted by molar-refractivity contribution is 1.55. The third kappa shape index (κ3) is 0.872. The summed E-state index contributed by atoms with van der Waals surface area (Å²) < 4.78 is 0. The molecule has 13 heavy (non-hydrogen) atoms. The number of para-hydroxylation sites is 2. The number of rotatable bonds is 0. The largest absolute Gasteiger partial charge is 1.00 e. The van der Waals surface area contributed by atoms with E-state index in [9.17, 15) is 0 Å². The summed E-state index contributed by atoms with van der Waals surface area (Å²) in [6.07, 6.45) is 0. The average molecular weight is 168 g/mol. The van der Waals surface area contributed by atoms with Crippen LogP contribution in [0.1, 0.15) is 1.43 Å². The molecule has 3 rings (SSSR count). The zero-order chi connectivity index (χ0) is 8.67. The second-order valence-electron chi connectivity index (χ2n) is 3.22. The van der Waals surface area contributed by atoms with E-state index in [1.165, 1.54) is 21.8 Å². The molecule has 1 nitrogen and oxygen atoms in total. The molecule has 0 radical (unpaired) electrons. The fourth-order valence-electron chi connectivity index (χ4n) is 1.80. The highest BCUT2D eigenvalue weighted by Gasteiger charge is 2.00. The van der Waals surface area contributed by atoms with E-state index < -0.39 is 0 Å². The molecule has 0 unspecified atom stereocenters. The van der Waals surface area contributed by atoms with Gasteiger partial charge in [0.1, 0.15) is 0 Å². The van der Waals surface area contributed by atoms with Crippen LogP contribution in [0.4, 0.5) is 0 Å². The zero-order valence-corrected chi connectivity index (χ0v) is 7.12. The van der Waals surface area contributed by atoms with E-state index in [2.05, 4.69) is 53.5 Å². The van der Waals surface area contributed by atoms with Crippen LogP contribution in [0.15, 0.2) is 48.5 Å². The minimum absolute atomic E-state index is 0. The molecule has 0 saturated heterocycles. The molecule has 2 aromatic carbocycles. The zero-order valence-electron chi connectivity index (χ0n) is 8.12. The quantitative estimate of drug-likeness (QED) is 0.529. The standard InChI is InChI=1S/C12H9N/c1-3-7-11-9(5-1)10-6-2-4-8-12(10)13-11/h1-8,13H/p+1. The van der Waals surface area contributed by atoms with Crippen LogP contribution in [0.25, 0.3) is 21.8 Å². The first-order chi connectivity index (χ1) is 6.45. The van der Waals surface area contributed by atoms with E-state index in [4.69, 9.17) is 0 Å². The van der Waals surface area contributed by atoms with Gasteiger partial charge in [-0.1, -0.05) is 36.4 Å². The molecule has 0 aliphatic heterocycles. The summed E-state index contributed by atoms with van der Waals surface area (Å²) in [5.41, 5.74) is 2.42. The minimum Gasteiger partial charge on any atom is -0.355 e. The Morgan fingerprint density at radius 2 is 1.15 bits per heavy atom. The maximum absolute atomic E-state index is 3.38. The normalized spacial score (nSPS) is 11.1. The molecule has 62 valence electrons. The Bertz CT molecular complexity index is 518. The number of benzene rings is 2. The van der Waals surface area contributed by atoms with Gasteiger partial charge in [0.25, 0.3) is 0 Å². The van der Waals surface area contributed by atoms with E-state index in [0.29, 0.717) is 0 Å². The third-order valence-corrected chi connectivity index (χ3v) is 2.41. The summed E-state index contributed by atoms with van der Waals surface area (Å²) in [5.74, 6) is 0. The minimum atomic E-state index is 0. The molecule has 0 aliphatic carbocycles. The number of H-pyrrole nitrogens is 1. The first kappa shape index (κ1) is 6.72. The van der Waals surface area contributed by atoms with Gasteiger partial charge in [-0.05, 0) is 12.1 Å². The molecule has 3 aromatic rings. The molecule has 0 atom stereocenters. The van der Waals surface area contributed by atoms with E-state index in [-0.39, 0.29) is 1.43 Å². The van der Waals surface area contributed by atoms with Gasteiger partial charge in [-0.25, -0.2) is 0 Å². The van der Waals surface area contributed by atoms with Crippen molar-refractivity contribution >= 4 is 21.8 Å². The molecule has 1 aromatic heterocycles. The molecular formula is C12H10N+. The number of aromatic nitrogens is 1. The fraction of sp³-hybridized carbons (Fsp3) is 0. The Morgan fingerprint density at radius 1 is 0.692 bits per heavy atom. The van der Waals surface area contributed by atoms with Crippen molar-refractivity contribution in [3.05, 3.63) is 48.5 Å². The summed E-state index contributed by atoms with van der Waals surface area (Å²) in [6.45, 7) is 0. The Balaban J connectivity index is 0.000000750. The van der Waals surface area contributed by atoms with Gasteiger partial charge in [-0.3, -0.25) is 0 Å². The highest BCUT2D eigenvalue weighted by atomic mass is 14.7. The molecule has 1 heteroatoms. The van der Waals surface area contributed by atoms with Crippen LogP contribution in [0, 0.1) is 0 Å². The monoisotopic (exact) mass is 168 g/mol. The van der Waals surface area contributed by atoms with Crippen molar-refractivity contribution in [1.82, 2.24) is 4.98 Å². The Morgan fingerprint density at radius 3 is 1.69 bits per heavy atom. The highest BCUT2D eigenvalue weighted by Crippen LogP contribution is 2.24. The van der Waals surface area contributed by atoms with Crippen molar-refractivity contribution in [1.29, 1.82) is 0 Å². The molecular weight excluding hydrogens is 158 g/mol. The average Bonchev–Trinajstić information content (AvgIpc) is 2.56. The third-order valence-electron chi connectivity index (χ3n) is 2.41. The van der Waals surface area contributed by atoms with E-state index in [0.717, 1.165) is 0 Å². The molecule has 0 amide bonds. The lowest BCUT2D eigenvalue weighted by Gasteiger charge is -1.87. The summed E-state index contributed by atoms with van der Waals surface area (Å²) >= 11 is 0. The lowest BCUT2D eigenvalue weighted by atomic mass is 10.2. The van der Waals surface area contributed by atoms with Crippen LogP contribution in [0.3, 0.4) is 0 Å². The molecule has 0 aliphatic rings. The summed E-state index contributed by atoms with van der Waals surface area (Å²) in [4.78, 5) is 3.38. The van der Waals surface area contributed by atoms with Crippen LogP contribution in [0.2, 0.25) is 0 Å². The van der Waals surface area contributed by atoms with Gasteiger partial charge in [0.05, 0.1) is 0 Å². The Kier molecular flexibility index (Phi) is 1.22. The molecule has 1 heterocycles. The number of hydrogen-bond acceptors (Lipinski definition) is 0. The SMILES string of the molecule is [H+].c1ccc2c(c1)[nH]c1ccccc12. The van der Waals surface area contributed by atoms with Gasteiger partial charge < -0.3 is 4.98 Å². The molecule has 0 spiro atoms. The number of aromatic amines is 1. The van der Waals surface area contributed by atoms with Crippen LogP contribution in [0.5, 0.6) is 0 Å². The fourth-order valence-corrected chi connectivity index (χ4v) is 1.80. The highest BCUT2D eigenvalue weighted by molar-refractivity contribution is 6.06. The molecule has 1 N–H and O–H groups in total. The van der Waals surface area contributed by atoms with E-state index in [1.54, 1.807) is 0 Å². The molecule has 0 saturated carbocycles. The van der Waals surface area contributed by atoms with Crippen LogP contribution in [-0.2, 0) is 0 Å². The van der Waals surface area contributed by atoms with Crippen LogP contribution in [-0.4, -0.2) is 4.98 Å². The van der Waals surface area contributed by atoms with Gasteiger partial charge in [0, 0.05) is 21.8 Å². The number of nitrogens with one attached hydrogen (secondary N) is 1.